The summed E-state index contributed by atoms with van der Waals surface area (Å²) >= 11 is 0. The van der Waals surface area contributed by atoms with Crippen molar-refractivity contribution < 1.29 is 14.2 Å². The molecule has 1 aromatic heterocycles. The molecule has 0 saturated carbocycles. The number of nitrogens with two attached hydrogens (primary N) is 1. The molecule has 2 aliphatic heterocycles. The van der Waals surface area contributed by atoms with E-state index < -0.39 is 12.0 Å². The maximum atomic E-state index is 12.5. The molecule has 2 aliphatic rings. The predicted octanol–water partition coefficient (Wildman–Crippen LogP) is 1.22. The van der Waals surface area contributed by atoms with Crippen molar-refractivity contribution in [2.45, 2.75) is 70.4 Å². The molecule has 0 aliphatic carbocycles. The van der Waals surface area contributed by atoms with Crippen LogP contribution in [0.1, 0.15) is 46.3 Å². The summed E-state index contributed by atoms with van der Waals surface area (Å²) in [6.07, 6.45) is 3.26. The third kappa shape index (κ3) is 3.87. The van der Waals surface area contributed by atoms with Gasteiger partial charge in [0.25, 0.3) is 0 Å². The lowest BCUT2D eigenvalue weighted by Crippen LogP contribution is -2.35. The molecule has 3 heterocycles. The fourth-order valence-electron chi connectivity index (χ4n) is 3.40. The van der Waals surface area contributed by atoms with Crippen LogP contribution in [0.3, 0.4) is 0 Å². The number of unbranched alkanes of at least 4 members (excludes halogenated alkanes) is 1. The standard InChI is InChI=1S/C17H28N4O4/c1-4-11-13-14(25-17(2,3)24-13)15(23-11)21-10-7-12(20-16(21)22)19-9-6-5-8-18/h7,10-11,13-15H,4-6,8-9,18H2,1-3H3,(H,19,20,22)/t11-,13?,14?,15-/m1/s1. The van der Waals surface area contributed by atoms with Gasteiger partial charge in [0.1, 0.15) is 18.0 Å². The third-order valence-corrected chi connectivity index (χ3v) is 4.57. The first kappa shape index (κ1) is 18.3. The van der Waals surface area contributed by atoms with Crippen LogP contribution in [0.25, 0.3) is 0 Å². The normalized spacial score (nSPS) is 30.4. The molecule has 4 atom stereocenters. The smallest absolute Gasteiger partial charge is 0.351 e. The highest BCUT2D eigenvalue weighted by atomic mass is 16.8. The van der Waals surface area contributed by atoms with Crippen molar-refractivity contribution in [3.8, 4) is 0 Å². The second-order valence-corrected chi connectivity index (χ2v) is 6.96. The van der Waals surface area contributed by atoms with E-state index >= 15 is 0 Å². The fourth-order valence-corrected chi connectivity index (χ4v) is 3.40. The summed E-state index contributed by atoms with van der Waals surface area (Å²) in [5.41, 5.74) is 5.11. The van der Waals surface area contributed by atoms with Gasteiger partial charge in [0.15, 0.2) is 12.0 Å². The Bertz CT molecular complexity index is 648. The highest BCUT2D eigenvalue weighted by Crippen LogP contribution is 2.43. The number of aromatic nitrogens is 2. The zero-order valence-corrected chi connectivity index (χ0v) is 15.1. The molecule has 1 aromatic rings. The average Bonchev–Trinajstić information content (AvgIpc) is 3.05. The Morgan fingerprint density at radius 2 is 2.08 bits per heavy atom. The van der Waals surface area contributed by atoms with Gasteiger partial charge in [-0.25, -0.2) is 4.79 Å². The van der Waals surface area contributed by atoms with Gasteiger partial charge in [-0.15, -0.1) is 0 Å². The van der Waals surface area contributed by atoms with Crippen molar-refractivity contribution in [3.63, 3.8) is 0 Å². The Morgan fingerprint density at radius 3 is 2.76 bits per heavy atom. The van der Waals surface area contributed by atoms with Crippen molar-refractivity contribution in [1.29, 1.82) is 0 Å². The van der Waals surface area contributed by atoms with Crippen molar-refractivity contribution in [1.82, 2.24) is 9.55 Å². The van der Waals surface area contributed by atoms with Gasteiger partial charge in [-0.1, -0.05) is 6.92 Å². The Balaban J connectivity index is 1.74. The molecule has 25 heavy (non-hydrogen) atoms. The number of fused-ring (bicyclic) bond motifs is 1. The minimum atomic E-state index is -0.674. The largest absolute Gasteiger partial charge is 0.370 e. The first-order valence-electron chi connectivity index (χ1n) is 8.99. The van der Waals surface area contributed by atoms with E-state index in [2.05, 4.69) is 10.3 Å². The monoisotopic (exact) mass is 352 g/mol. The number of nitrogens with one attached hydrogen (secondary N) is 1. The molecular formula is C17H28N4O4. The Morgan fingerprint density at radius 1 is 1.32 bits per heavy atom. The maximum absolute atomic E-state index is 12.5. The summed E-state index contributed by atoms with van der Waals surface area (Å²) in [6, 6.07) is 1.78. The van der Waals surface area contributed by atoms with Gasteiger partial charge in [0.2, 0.25) is 0 Å². The van der Waals surface area contributed by atoms with E-state index in [4.69, 9.17) is 19.9 Å². The van der Waals surface area contributed by atoms with Crippen LogP contribution >= 0.6 is 0 Å². The van der Waals surface area contributed by atoms with E-state index in [9.17, 15) is 4.79 Å². The van der Waals surface area contributed by atoms with Crippen molar-refractivity contribution >= 4 is 5.82 Å². The Hall–Kier alpha value is -1.48. The fraction of sp³-hybridized carbons (Fsp3) is 0.765. The summed E-state index contributed by atoms with van der Waals surface area (Å²) in [7, 11) is 0. The number of nitrogens with zero attached hydrogens (tertiary/aromatic N) is 2. The lowest BCUT2D eigenvalue weighted by molar-refractivity contribution is -0.197. The van der Waals surface area contributed by atoms with Crippen LogP contribution in [-0.2, 0) is 14.2 Å². The zero-order chi connectivity index (χ0) is 18.0. The van der Waals surface area contributed by atoms with E-state index in [-0.39, 0.29) is 24.0 Å². The molecule has 2 unspecified atom stereocenters. The van der Waals surface area contributed by atoms with Gasteiger partial charge in [-0.2, -0.15) is 4.98 Å². The van der Waals surface area contributed by atoms with Gasteiger partial charge in [-0.05, 0) is 45.7 Å². The van der Waals surface area contributed by atoms with Gasteiger partial charge in [-0.3, -0.25) is 4.57 Å². The average molecular weight is 352 g/mol. The van der Waals surface area contributed by atoms with Gasteiger partial charge in [0, 0.05) is 12.7 Å². The second-order valence-electron chi connectivity index (χ2n) is 6.96. The summed E-state index contributed by atoms with van der Waals surface area (Å²) in [4.78, 5) is 16.6. The molecule has 0 bridgehead atoms. The lowest BCUT2D eigenvalue weighted by Gasteiger charge is -2.24. The van der Waals surface area contributed by atoms with Gasteiger partial charge in [0.05, 0.1) is 6.10 Å². The van der Waals surface area contributed by atoms with Crippen LogP contribution in [0.2, 0.25) is 0 Å². The maximum Gasteiger partial charge on any atom is 0.351 e. The molecule has 140 valence electrons. The highest BCUT2D eigenvalue weighted by molar-refractivity contribution is 5.31. The number of ether oxygens (including phenoxy) is 3. The van der Waals surface area contributed by atoms with E-state index in [1.54, 1.807) is 12.3 Å². The summed E-state index contributed by atoms with van der Waals surface area (Å²) in [6.45, 7) is 7.19. The van der Waals surface area contributed by atoms with Crippen LogP contribution in [0.4, 0.5) is 5.82 Å². The van der Waals surface area contributed by atoms with E-state index in [1.807, 2.05) is 20.8 Å². The molecule has 0 aromatic carbocycles. The quantitative estimate of drug-likeness (QED) is 0.712. The summed E-state index contributed by atoms with van der Waals surface area (Å²) in [5, 5.41) is 3.14. The molecule has 2 saturated heterocycles. The molecule has 0 spiro atoms. The number of hydrogen-bond donors (Lipinski definition) is 2. The van der Waals surface area contributed by atoms with Gasteiger partial charge >= 0.3 is 5.69 Å². The molecular weight excluding hydrogens is 324 g/mol. The molecule has 2 fully saturated rings. The minimum Gasteiger partial charge on any atom is -0.370 e. The summed E-state index contributed by atoms with van der Waals surface area (Å²) in [5.74, 6) is -0.115. The first-order valence-corrected chi connectivity index (χ1v) is 8.99. The minimum absolute atomic E-state index is 0.0993. The van der Waals surface area contributed by atoms with Crippen LogP contribution in [0.5, 0.6) is 0 Å². The van der Waals surface area contributed by atoms with Crippen LogP contribution < -0.4 is 16.7 Å². The van der Waals surface area contributed by atoms with Crippen LogP contribution in [0.15, 0.2) is 17.1 Å². The zero-order valence-electron chi connectivity index (χ0n) is 15.1. The number of anilines is 1. The first-order chi connectivity index (χ1) is 11.9. The van der Waals surface area contributed by atoms with Gasteiger partial charge < -0.3 is 25.3 Å². The SMILES string of the molecule is CC[C@H]1O[C@@H](n2ccc(NCCCCN)nc2=O)C2OC(C)(C)OC21. The van der Waals surface area contributed by atoms with E-state index in [1.165, 1.54) is 4.57 Å². The Kier molecular flexibility index (Phi) is 5.43. The molecule has 8 heteroatoms. The number of rotatable bonds is 7. The van der Waals surface area contributed by atoms with Crippen molar-refractivity contribution in [2.75, 3.05) is 18.4 Å². The predicted molar refractivity (Wildman–Crippen MR) is 93.3 cm³/mol. The molecule has 8 nitrogen and oxygen atoms in total. The number of hydrogen-bond acceptors (Lipinski definition) is 7. The summed E-state index contributed by atoms with van der Waals surface area (Å²) < 4.78 is 19.5. The topological polar surface area (TPSA) is 101 Å². The van der Waals surface area contributed by atoms with Crippen LogP contribution in [-0.4, -0.2) is 46.7 Å². The van der Waals surface area contributed by atoms with Crippen LogP contribution in [0, 0.1) is 0 Å². The molecule has 0 amide bonds. The Labute approximate surface area is 147 Å². The third-order valence-electron chi connectivity index (χ3n) is 4.57. The van der Waals surface area contributed by atoms with Crippen molar-refractivity contribution in [3.05, 3.63) is 22.7 Å². The van der Waals surface area contributed by atoms with Crippen molar-refractivity contribution in [2.24, 2.45) is 5.73 Å². The molecule has 3 N–H and O–H groups in total. The lowest BCUT2D eigenvalue weighted by atomic mass is 10.1. The van der Waals surface area contributed by atoms with E-state index in [0.717, 1.165) is 25.8 Å². The molecule has 3 rings (SSSR count). The van der Waals surface area contributed by atoms with E-state index in [0.29, 0.717) is 12.4 Å². The highest BCUT2D eigenvalue weighted by Gasteiger charge is 2.55. The second kappa shape index (κ2) is 7.41. The molecule has 0 radical (unpaired) electrons.